The van der Waals surface area contributed by atoms with E-state index < -0.39 is 87.9 Å². The molecule has 63 heavy (non-hydrogen) atoms. The molecule has 0 radical (unpaired) electrons. The number of carbonyl (C=O) groups excluding carboxylic acids is 2. The summed E-state index contributed by atoms with van der Waals surface area (Å²) in [5, 5.41) is 70.9. The van der Waals surface area contributed by atoms with E-state index in [1.807, 2.05) is 12.2 Å². The van der Waals surface area contributed by atoms with Crippen LogP contribution in [0.25, 0.3) is 0 Å². The number of hydrogen-bond acceptors (Lipinski definition) is 14. The van der Waals surface area contributed by atoms with Crippen molar-refractivity contribution in [3.8, 4) is 0 Å². The zero-order valence-corrected chi connectivity index (χ0v) is 38.2. The van der Waals surface area contributed by atoms with E-state index in [4.69, 9.17) is 18.5 Å². The summed E-state index contributed by atoms with van der Waals surface area (Å²) < 4.78 is 33.3. The summed E-state index contributed by atoms with van der Waals surface area (Å²) in [6.45, 7) is 2.78. The second-order valence-electron chi connectivity index (χ2n) is 15.4. The molecular formula is C47H77O15P. The van der Waals surface area contributed by atoms with E-state index in [0.29, 0.717) is 12.8 Å². The van der Waals surface area contributed by atoms with Gasteiger partial charge in [-0.1, -0.05) is 118 Å². The van der Waals surface area contributed by atoms with Crippen molar-refractivity contribution in [1.82, 2.24) is 0 Å². The van der Waals surface area contributed by atoms with E-state index in [0.717, 1.165) is 70.6 Å². The van der Waals surface area contributed by atoms with Crippen LogP contribution in [-0.2, 0) is 32.7 Å². The highest BCUT2D eigenvalue weighted by Gasteiger charge is 2.51. The molecule has 16 heteroatoms. The molecule has 360 valence electrons. The Morgan fingerprint density at radius 3 is 1.57 bits per heavy atom. The standard InChI is InChI=1S/C47H77O15P/c1-3-5-7-9-11-13-15-17-18-19-21-23-25-27-29-33-41(51)61-37(36-60-63(57,58)62-47-45(55)43(53)42(52)44(54)46(47)56)35-59-40(50)34-30-32-39(49)38(48)31-28-26-24-22-20-16-14-12-10-8-6-4-2/h5-8,11-14,17-18,20,22,26,28,37-39,42-49,52-56H,3-4,9-10,15-16,19,21,23-25,27,29-36H2,1-2H3,(H,57,58)/b7-5-,8-6-,13-11-,14-12-,18-17-,22-20-,28-26-/t37-,38+,39+,42?,43-,44+,45-,46-,47?/m1/s1. The first kappa shape index (κ1) is 58.0. The molecule has 0 spiro atoms. The van der Waals surface area contributed by atoms with Gasteiger partial charge in [-0.05, 0) is 83.5 Å². The van der Waals surface area contributed by atoms with Crippen LogP contribution in [0.2, 0.25) is 0 Å². The Morgan fingerprint density at radius 2 is 1.02 bits per heavy atom. The number of aliphatic hydroxyl groups excluding tert-OH is 7. The first-order valence-corrected chi connectivity index (χ1v) is 24.1. The Balaban J connectivity index is 2.60. The number of carbonyl (C=O) groups is 2. The second kappa shape index (κ2) is 36.2. The number of allylic oxidation sites excluding steroid dienone is 13. The highest BCUT2D eigenvalue weighted by atomic mass is 31.2. The number of phosphoric acid groups is 1. The normalized spacial score (nSPS) is 23.5. The summed E-state index contributed by atoms with van der Waals surface area (Å²) >= 11 is 0. The number of hydrogen-bond donors (Lipinski definition) is 8. The average Bonchev–Trinajstić information content (AvgIpc) is 3.26. The molecule has 0 aliphatic heterocycles. The van der Waals surface area contributed by atoms with Gasteiger partial charge in [0.1, 0.15) is 43.2 Å². The van der Waals surface area contributed by atoms with Gasteiger partial charge in [0, 0.05) is 12.8 Å². The van der Waals surface area contributed by atoms with Crippen molar-refractivity contribution in [2.45, 2.75) is 184 Å². The number of rotatable bonds is 35. The molecule has 1 rings (SSSR count). The lowest BCUT2D eigenvalue weighted by molar-refractivity contribution is -0.220. The third kappa shape index (κ3) is 28.5. The maximum absolute atomic E-state index is 12.8. The molecule has 0 aromatic carbocycles. The molecule has 8 N–H and O–H groups in total. The van der Waals surface area contributed by atoms with Crippen molar-refractivity contribution >= 4 is 19.8 Å². The van der Waals surface area contributed by atoms with Crippen molar-refractivity contribution in [2.24, 2.45) is 0 Å². The predicted molar refractivity (Wildman–Crippen MR) is 242 cm³/mol. The number of esters is 2. The lowest BCUT2D eigenvalue weighted by Crippen LogP contribution is -2.64. The number of phosphoric ester groups is 1. The topological polar surface area (TPSA) is 250 Å². The molecule has 1 fully saturated rings. The van der Waals surface area contributed by atoms with Crippen LogP contribution in [0.4, 0.5) is 0 Å². The Morgan fingerprint density at radius 1 is 0.556 bits per heavy atom. The predicted octanol–water partition coefficient (Wildman–Crippen LogP) is 6.44. The first-order valence-electron chi connectivity index (χ1n) is 22.6. The minimum Gasteiger partial charge on any atom is -0.462 e. The van der Waals surface area contributed by atoms with Crippen molar-refractivity contribution in [1.29, 1.82) is 0 Å². The molecule has 0 bridgehead atoms. The highest BCUT2D eigenvalue weighted by molar-refractivity contribution is 7.47. The fraction of sp³-hybridized carbons (Fsp3) is 0.660. The van der Waals surface area contributed by atoms with Crippen molar-refractivity contribution in [3.05, 3.63) is 85.1 Å². The summed E-state index contributed by atoms with van der Waals surface area (Å²) in [4.78, 5) is 35.7. The maximum Gasteiger partial charge on any atom is 0.472 e. The summed E-state index contributed by atoms with van der Waals surface area (Å²) in [5.74, 6) is -1.42. The Labute approximate surface area is 374 Å². The molecule has 0 aromatic rings. The summed E-state index contributed by atoms with van der Waals surface area (Å²) in [6.07, 6.45) is 25.1. The molecular weight excluding hydrogens is 835 g/mol. The van der Waals surface area contributed by atoms with E-state index in [1.165, 1.54) is 0 Å². The van der Waals surface area contributed by atoms with Crippen LogP contribution in [0.5, 0.6) is 0 Å². The molecule has 3 unspecified atom stereocenters. The van der Waals surface area contributed by atoms with Crippen LogP contribution in [0.15, 0.2) is 85.1 Å². The minimum absolute atomic E-state index is 0.0110. The van der Waals surface area contributed by atoms with Gasteiger partial charge in [0.25, 0.3) is 0 Å². The van der Waals surface area contributed by atoms with Crippen LogP contribution in [0.3, 0.4) is 0 Å². The molecule has 0 saturated heterocycles. The Bertz CT molecular complexity index is 1460. The van der Waals surface area contributed by atoms with Crippen LogP contribution in [-0.4, -0.2) is 121 Å². The molecule has 15 nitrogen and oxygen atoms in total. The fourth-order valence-electron chi connectivity index (χ4n) is 6.21. The van der Waals surface area contributed by atoms with Gasteiger partial charge in [-0.2, -0.15) is 0 Å². The van der Waals surface area contributed by atoms with Crippen LogP contribution < -0.4 is 0 Å². The number of aliphatic hydroxyl groups is 7. The van der Waals surface area contributed by atoms with Crippen molar-refractivity contribution < 1.29 is 73.3 Å². The van der Waals surface area contributed by atoms with Gasteiger partial charge >= 0.3 is 19.8 Å². The molecule has 0 heterocycles. The highest BCUT2D eigenvalue weighted by Crippen LogP contribution is 2.47. The molecule has 1 saturated carbocycles. The average molecular weight is 913 g/mol. The summed E-state index contributed by atoms with van der Waals surface area (Å²) in [5.41, 5.74) is 0. The van der Waals surface area contributed by atoms with E-state index in [9.17, 15) is 54.8 Å². The largest absolute Gasteiger partial charge is 0.472 e. The Hall–Kier alpha value is -3.05. The zero-order chi connectivity index (χ0) is 46.7. The van der Waals surface area contributed by atoms with Crippen LogP contribution in [0.1, 0.15) is 129 Å². The third-order valence-corrected chi connectivity index (χ3v) is 10.9. The smallest absolute Gasteiger partial charge is 0.462 e. The fourth-order valence-corrected chi connectivity index (χ4v) is 7.18. The molecule has 1 aliphatic carbocycles. The van der Waals surface area contributed by atoms with E-state index in [-0.39, 0.29) is 32.1 Å². The number of unbranched alkanes of at least 4 members (excludes halogenated alkanes) is 5. The summed E-state index contributed by atoms with van der Waals surface area (Å²) in [6, 6.07) is 0. The lowest BCUT2D eigenvalue weighted by atomic mass is 9.85. The van der Waals surface area contributed by atoms with Gasteiger partial charge in [0.2, 0.25) is 0 Å². The third-order valence-electron chi connectivity index (χ3n) is 9.93. The van der Waals surface area contributed by atoms with Gasteiger partial charge in [-0.25, -0.2) is 4.57 Å². The molecule has 0 aromatic heterocycles. The van der Waals surface area contributed by atoms with E-state index >= 15 is 0 Å². The van der Waals surface area contributed by atoms with Crippen molar-refractivity contribution in [3.63, 3.8) is 0 Å². The maximum atomic E-state index is 12.8. The monoisotopic (exact) mass is 913 g/mol. The SMILES string of the molecule is CC/C=C\C/C=C\C/C=C\C/C=C\C[C@H](O)[C@@H](O)CCCC(=O)OC[C@H](COP(=O)(O)OC1[C@H](O)[C@H](O)C(O)[C@H](O)[C@H]1O)OC(=O)CCCCCCC/C=C\C/C=C\C/C=C\CC. The van der Waals surface area contributed by atoms with Gasteiger partial charge in [-0.3, -0.25) is 18.6 Å². The Kier molecular flexibility index (Phi) is 33.3. The van der Waals surface area contributed by atoms with Gasteiger partial charge in [-0.15, -0.1) is 0 Å². The number of ether oxygens (including phenoxy) is 2. The van der Waals surface area contributed by atoms with E-state index in [1.54, 1.807) is 6.08 Å². The zero-order valence-electron chi connectivity index (χ0n) is 37.3. The first-order chi connectivity index (χ1) is 30.2. The van der Waals surface area contributed by atoms with Gasteiger partial charge in [0.05, 0.1) is 18.8 Å². The van der Waals surface area contributed by atoms with Crippen LogP contribution in [0, 0.1) is 0 Å². The van der Waals surface area contributed by atoms with E-state index in [2.05, 4.69) is 80.7 Å². The van der Waals surface area contributed by atoms with Crippen LogP contribution >= 0.6 is 7.82 Å². The molecule has 1 aliphatic rings. The van der Waals surface area contributed by atoms with Gasteiger partial charge in [0.15, 0.2) is 6.10 Å². The summed E-state index contributed by atoms with van der Waals surface area (Å²) in [7, 11) is -5.20. The lowest BCUT2D eigenvalue weighted by Gasteiger charge is -2.41. The molecule has 10 atom stereocenters. The van der Waals surface area contributed by atoms with Crippen molar-refractivity contribution in [2.75, 3.05) is 13.2 Å². The molecule has 0 amide bonds. The quantitative estimate of drug-likeness (QED) is 0.0148. The second-order valence-corrected chi connectivity index (χ2v) is 16.9. The van der Waals surface area contributed by atoms with Gasteiger partial charge < -0.3 is 50.1 Å². The minimum atomic E-state index is -5.20.